The summed E-state index contributed by atoms with van der Waals surface area (Å²) in [6.07, 6.45) is 0.301. The number of rotatable bonds is 9. The Morgan fingerprint density at radius 2 is 1.38 bits per heavy atom. The molecule has 3 rings (SSSR count). The van der Waals surface area contributed by atoms with Crippen LogP contribution in [0.1, 0.15) is 32.6 Å². The summed E-state index contributed by atoms with van der Waals surface area (Å²) in [5.74, 6) is 1.38. The van der Waals surface area contributed by atoms with E-state index in [9.17, 15) is 9.59 Å². The summed E-state index contributed by atoms with van der Waals surface area (Å²) in [6.45, 7) is 2.81. The fraction of sp³-hybridized carbons (Fsp3) is 0.231. The molecule has 0 aliphatic rings. The van der Waals surface area contributed by atoms with Crippen molar-refractivity contribution in [3.8, 4) is 11.5 Å². The molecule has 3 aromatic carbocycles. The largest absolute Gasteiger partial charge is 0.497 e. The molecule has 0 spiro atoms. The fourth-order valence-corrected chi connectivity index (χ4v) is 3.30. The first kappa shape index (κ1) is 22.9. The van der Waals surface area contributed by atoms with E-state index in [-0.39, 0.29) is 11.8 Å². The van der Waals surface area contributed by atoms with Crippen LogP contribution in [0.3, 0.4) is 0 Å². The van der Waals surface area contributed by atoms with Crippen LogP contribution >= 0.6 is 0 Å². The zero-order valence-electron chi connectivity index (χ0n) is 18.6. The topological polar surface area (TPSA) is 76.7 Å². The van der Waals surface area contributed by atoms with Gasteiger partial charge in [0.15, 0.2) is 0 Å². The lowest BCUT2D eigenvalue weighted by Gasteiger charge is -2.10. The minimum atomic E-state index is -0.145. The van der Waals surface area contributed by atoms with Crippen LogP contribution < -0.4 is 20.1 Å². The SMILES string of the molecule is COc1ccc(CC(=O)NCc2ccc(C(=O)NCc3ccc(OC)c(C)c3)cc2)cc1. The summed E-state index contributed by atoms with van der Waals surface area (Å²) in [7, 11) is 3.25. The van der Waals surface area contributed by atoms with Crippen molar-refractivity contribution in [3.63, 3.8) is 0 Å². The van der Waals surface area contributed by atoms with Crippen molar-refractivity contribution in [1.29, 1.82) is 0 Å². The van der Waals surface area contributed by atoms with E-state index in [1.807, 2.05) is 61.5 Å². The van der Waals surface area contributed by atoms with Crippen LogP contribution in [-0.2, 0) is 24.3 Å². The number of hydrogen-bond acceptors (Lipinski definition) is 4. The predicted octanol–water partition coefficient (Wildman–Crippen LogP) is 3.80. The lowest BCUT2D eigenvalue weighted by Crippen LogP contribution is -2.25. The first-order valence-electron chi connectivity index (χ1n) is 10.4. The highest BCUT2D eigenvalue weighted by atomic mass is 16.5. The van der Waals surface area contributed by atoms with Crippen LogP contribution in [0, 0.1) is 6.92 Å². The highest BCUT2D eigenvalue weighted by molar-refractivity contribution is 5.94. The van der Waals surface area contributed by atoms with Gasteiger partial charge in [-0.05, 0) is 59.5 Å². The third kappa shape index (κ3) is 6.35. The molecule has 0 aromatic heterocycles. The second-order valence-corrected chi connectivity index (χ2v) is 7.49. The molecule has 3 aromatic rings. The quantitative estimate of drug-likeness (QED) is 0.539. The number of nitrogens with one attached hydrogen (secondary N) is 2. The first-order valence-corrected chi connectivity index (χ1v) is 10.4. The van der Waals surface area contributed by atoms with Gasteiger partial charge in [-0.3, -0.25) is 9.59 Å². The summed E-state index contributed by atoms with van der Waals surface area (Å²) < 4.78 is 10.4. The number of carbonyl (C=O) groups is 2. The van der Waals surface area contributed by atoms with Gasteiger partial charge < -0.3 is 20.1 Å². The maximum absolute atomic E-state index is 12.4. The molecule has 6 nitrogen and oxygen atoms in total. The van der Waals surface area contributed by atoms with E-state index in [1.54, 1.807) is 26.4 Å². The van der Waals surface area contributed by atoms with Crippen LogP contribution in [0.25, 0.3) is 0 Å². The Bertz CT molecular complexity index is 1060. The number of methoxy groups -OCH3 is 2. The molecule has 6 heteroatoms. The van der Waals surface area contributed by atoms with E-state index < -0.39 is 0 Å². The number of benzene rings is 3. The second-order valence-electron chi connectivity index (χ2n) is 7.49. The van der Waals surface area contributed by atoms with E-state index >= 15 is 0 Å². The Morgan fingerprint density at radius 1 is 0.750 bits per heavy atom. The number of ether oxygens (including phenoxy) is 2. The Kier molecular flexibility index (Phi) is 7.86. The highest BCUT2D eigenvalue weighted by Crippen LogP contribution is 2.18. The number of carbonyl (C=O) groups excluding carboxylic acids is 2. The summed E-state index contributed by atoms with van der Waals surface area (Å²) in [4.78, 5) is 24.6. The summed E-state index contributed by atoms with van der Waals surface area (Å²) in [5.41, 5.74) is 4.45. The van der Waals surface area contributed by atoms with Gasteiger partial charge >= 0.3 is 0 Å². The fourth-order valence-electron chi connectivity index (χ4n) is 3.30. The van der Waals surface area contributed by atoms with Crippen LogP contribution in [0.15, 0.2) is 66.7 Å². The zero-order valence-corrected chi connectivity index (χ0v) is 18.6. The molecule has 0 aliphatic carbocycles. The third-order valence-electron chi connectivity index (χ3n) is 5.14. The number of amides is 2. The van der Waals surface area contributed by atoms with Crippen molar-refractivity contribution in [2.24, 2.45) is 0 Å². The molecule has 0 fully saturated rings. The molecular weight excluding hydrogens is 404 g/mol. The normalized spacial score (nSPS) is 10.3. The van der Waals surface area contributed by atoms with Crippen molar-refractivity contribution in [1.82, 2.24) is 10.6 Å². The maximum atomic E-state index is 12.4. The standard InChI is InChI=1S/C26H28N2O4/c1-18-14-21(8-13-24(18)32-3)17-28-26(30)22-9-4-20(5-10-22)16-27-25(29)15-19-6-11-23(31-2)12-7-19/h4-14H,15-17H2,1-3H3,(H,27,29)(H,28,30). The van der Waals surface area contributed by atoms with Crippen LogP contribution in [0.2, 0.25) is 0 Å². The van der Waals surface area contributed by atoms with Gasteiger partial charge in [-0.2, -0.15) is 0 Å². The van der Waals surface area contributed by atoms with Crippen LogP contribution in [0.4, 0.5) is 0 Å². The van der Waals surface area contributed by atoms with Gasteiger partial charge in [0.05, 0.1) is 20.6 Å². The molecule has 0 unspecified atom stereocenters. The van der Waals surface area contributed by atoms with Crippen molar-refractivity contribution < 1.29 is 19.1 Å². The zero-order chi connectivity index (χ0) is 22.9. The molecule has 166 valence electrons. The van der Waals surface area contributed by atoms with Gasteiger partial charge in [0.1, 0.15) is 11.5 Å². The van der Waals surface area contributed by atoms with Gasteiger partial charge in [-0.15, -0.1) is 0 Å². The Hall–Kier alpha value is -3.80. The molecule has 0 aliphatic heterocycles. The number of aryl methyl sites for hydroxylation is 1. The molecule has 0 saturated carbocycles. The lowest BCUT2D eigenvalue weighted by atomic mass is 10.1. The molecule has 0 bridgehead atoms. The molecule has 0 radical (unpaired) electrons. The molecule has 0 atom stereocenters. The molecule has 0 saturated heterocycles. The molecule has 32 heavy (non-hydrogen) atoms. The first-order chi connectivity index (χ1) is 15.5. The summed E-state index contributed by atoms with van der Waals surface area (Å²) in [5, 5.41) is 5.83. The molecule has 2 amide bonds. The summed E-state index contributed by atoms with van der Waals surface area (Å²) >= 11 is 0. The van der Waals surface area contributed by atoms with Gasteiger partial charge in [0.2, 0.25) is 5.91 Å². The van der Waals surface area contributed by atoms with Crippen LogP contribution in [0.5, 0.6) is 11.5 Å². The van der Waals surface area contributed by atoms with Crippen molar-refractivity contribution in [2.75, 3.05) is 14.2 Å². The average Bonchev–Trinajstić information content (AvgIpc) is 2.82. The van der Waals surface area contributed by atoms with Crippen LogP contribution in [-0.4, -0.2) is 26.0 Å². The highest BCUT2D eigenvalue weighted by Gasteiger charge is 2.08. The van der Waals surface area contributed by atoms with E-state index in [4.69, 9.17) is 9.47 Å². The monoisotopic (exact) mass is 432 g/mol. The minimum Gasteiger partial charge on any atom is -0.497 e. The third-order valence-corrected chi connectivity index (χ3v) is 5.14. The van der Waals surface area contributed by atoms with E-state index in [0.29, 0.717) is 25.1 Å². The van der Waals surface area contributed by atoms with E-state index in [2.05, 4.69) is 10.6 Å². The average molecular weight is 433 g/mol. The van der Waals surface area contributed by atoms with Gasteiger partial charge in [-0.25, -0.2) is 0 Å². The van der Waals surface area contributed by atoms with Crippen molar-refractivity contribution in [2.45, 2.75) is 26.4 Å². The minimum absolute atomic E-state index is 0.0632. The lowest BCUT2D eigenvalue weighted by molar-refractivity contribution is -0.120. The van der Waals surface area contributed by atoms with E-state index in [1.165, 1.54) is 0 Å². The predicted molar refractivity (Wildman–Crippen MR) is 124 cm³/mol. The Labute approximate surface area is 188 Å². The number of hydrogen-bond donors (Lipinski definition) is 2. The van der Waals surface area contributed by atoms with Gasteiger partial charge in [-0.1, -0.05) is 36.4 Å². The molecular formula is C26H28N2O4. The smallest absolute Gasteiger partial charge is 0.251 e. The summed E-state index contributed by atoms with van der Waals surface area (Å²) in [6, 6.07) is 20.5. The van der Waals surface area contributed by atoms with Gasteiger partial charge in [0, 0.05) is 18.7 Å². The molecule has 0 heterocycles. The Balaban J connectivity index is 1.46. The van der Waals surface area contributed by atoms with E-state index in [0.717, 1.165) is 33.8 Å². The van der Waals surface area contributed by atoms with Crippen molar-refractivity contribution in [3.05, 3.63) is 94.5 Å². The second kappa shape index (κ2) is 11.0. The maximum Gasteiger partial charge on any atom is 0.251 e. The molecule has 2 N–H and O–H groups in total. The van der Waals surface area contributed by atoms with Crippen molar-refractivity contribution >= 4 is 11.8 Å². The Morgan fingerprint density at radius 3 is 2.00 bits per heavy atom. The van der Waals surface area contributed by atoms with Gasteiger partial charge in [0.25, 0.3) is 5.91 Å².